The van der Waals surface area contributed by atoms with Crippen LogP contribution < -0.4 is 21.5 Å². The fourth-order valence-corrected chi connectivity index (χ4v) is 5.26. The molecular weight excluding hydrogens is 494 g/mol. The molecule has 204 valence electrons. The van der Waals surface area contributed by atoms with Gasteiger partial charge in [0.05, 0.1) is 18.9 Å². The predicted molar refractivity (Wildman–Crippen MR) is 153 cm³/mol. The molecule has 1 saturated heterocycles. The highest BCUT2D eigenvalue weighted by Crippen LogP contribution is 2.33. The number of hydrogen-bond acceptors (Lipinski definition) is 7. The first-order valence-corrected chi connectivity index (χ1v) is 13.2. The van der Waals surface area contributed by atoms with Crippen LogP contribution in [0, 0.1) is 20.8 Å². The molecule has 4 aromatic rings. The smallest absolute Gasteiger partial charge is 0.253 e. The summed E-state index contributed by atoms with van der Waals surface area (Å²) in [5.41, 5.74) is 12.0. The highest BCUT2D eigenvalue weighted by molar-refractivity contribution is 6.09. The third-order valence-electron chi connectivity index (χ3n) is 7.20. The maximum atomic E-state index is 13.7. The molecule has 0 aliphatic carbocycles. The number of hydrogen-bond donors (Lipinski definition) is 3. The summed E-state index contributed by atoms with van der Waals surface area (Å²) in [6.07, 6.45) is 2.07. The van der Waals surface area contributed by atoms with Crippen LogP contribution in [0.1, 0.15) is 52.6 Å². The molecule has 0 unspecified atom stereocenters. The molecule has 1 amide bonds. The SMILES string of the molecule is Cc1cc(C)c(CNC(=O)c2cc(-c3cc(N4CCOCC4)nc(N)n3)cc3c2c(C)cn3C(C)C)c(=O)[nH]1. The van der Waals surface area contributed by atoms with Crippen LogP contribution in [-0.2, 0) is 11.3 Å². The zero-order valence-electron chi connectivity index (χ0n) is 23.1. The van der Waals surface area contributed by atoms with Crippen LogP contribution in [0.2, 0.25) is 0 Å². The van der Waals surface area contributed by atoms with Crippen molar-refractivity contribution >= 4 is 28.6 Å². The number of rotatable bonds is 6. The van der Waals surface area contributed by atoms with Crippen molar-refractivity contribution in [2.24, 2.45) is 0 Å². The van der Waals surface area contributed by atoms with E-state index >= 15 is 0 Å². The molecule has 1 fully saturated rings. The predicted octanol–water partition coefficient (Wildman–Crippen LogP) is 3.64. The molecule has 10 heteroatoms. The van der Waals surface area contributed by atoms with Crippen LogP contribution in [0.25, 0.3) is 22.2 Å². The van der Waals surface area contributed by atoms with Crippen molar-refractivity contribution < 1.29 is 9.53 Å². The number of morpholine rings is 1. The summed E-state index contributed by atoms with van der Waals surface area (Å²) < 4.78 is 7.64. The Labute approximate surface area is 227 Å². The number of nitrogen functional groups attached to an aromatic ring is 1. The van der Waals surface area contributed by atoms with Crippen molar-refractivity contribution in [2.45, 2.75) is 47.2 Å². The largest absolute Gasteiger partial charge is 0.378 e. The van der Waals surface area contributed by atoms with E-state index in [4.69, 9.17) is 10.5 Å². The van der Waals surface area contributed by atoms with E-state index in [1.165, 1.54) is 0 Å². The van der Waals surface area contributed by atoms with E-state index in [1.807, 2.05) is 39.0 Å². The van der Waals surface area contributed by atoms with E-state index in [0.29, 0.717) is 30.0 Å². The molecule has 1 aliphatic rings. The van der Waals surface area contributed by atoms with Crippen LogP contribution in [0.4, 0.5) is 11.8 Å². The molecule has 4 N–H and O–H groups in total. The van der Waals surface area contributed by atoms with Gasteiger partial charge in [-0.3, -0.25) is 9.59 Å². The molecule has 4 heterocycles. The second kappa shape index (κ2) is 10.5. The zero-order valence-corrected chi connectivity index (χ0v) is 23.1. The number of aromatic amines is 1. The van der Waals surface area contributed by atoms with E-state index in [9.17, 15) is 9.59 Å². The minimum atomic E-state index is -0.263. The lowest BCUT2D eigenvalue weighted by Gasteiger charge is -2.28. The first-order valence-electron chi connectivity index (χ1n) is 13.2. The van der Waals surface area contributed by atoms with Gasteiger partial charge in [0.15, 0.2) is 0 Å². The van der Waals surface area contributed by atoms with Crippen LogP contribution in [0.15, 0.2) is 35.3 Å². The van der Waals surface area contributed by atoms with Gasteiger partial charge in [-0.2, -0.15) is 4.98 Å². The minimum absolute atomic E-state index is 0.123. The number of H-pyrrole nitrogens is 1. The Hall–Kier alpha value is -4.18. The van der Waals surface area contributed by atoms with Crippen LogP contribution in [0.3, 0.4) is 0 Å². The molecule has 0 atom stereocenters. The molecule has 1 aromatic carbocycles. The average Bonchev–Trinajstić information content (AvgIpc) is 3.24. The van der Waals surface area contributed by atoms with Crippen LogP contribution in [-0.4, -0.2) is 51.7 Å². The fraction of sp³-hybridized carbons (Fsp3) is 0.379. The van der Waals surface area contributed by atoms with Gasteiger partial charge in [0, 0.05) is 71.2 Å². The number of carbonyl (C=O) groups excluding carboxylic acids is 1. The lowest BCUT2D eigenvalue weighted by Crippen LogP contribution is -2.36. The van der Waals surface area contributed by atoms with E-state index in [2.05, 4.69) is 55.8 Å². The van der Waals surface area contributed by atoms with E-state index < -0.39 is 0 Å². The molecule has 10 nitrogen and oxygen atoms in total. The quantitative estimate of drug-likeness (QED) is 0.347. The van der Waals surface area contributed by atoms with Gasteiger partial charge in [-0.15, -0.1) is 0 Å². The number of fused-ring (bicyclic) bond motifs is 1. The summed E-state index contributed by atoms with van der Waals surface area (Å²) in [6, 6.07) is 7.90. The number of nitrogens with zero attached hydrogens (tertiary/aromatic N) is 4. The highest BCUT2D eigenvalue weighted by atomic mass is 16.5. The van der Waals surface area contributed by atoms with Crippen molar-refractivity contribution in [1.82, 2.24) is 24.8 Å². The van der Waals surface area contributed by atoms with Gasteiger partial charge < -0.3 is 30.2 Å². The summed E-state index contributed by atoms with van der Waals surface area (Å²) in [5.74, 6) is 0.641. The molecule has 0 saturated carbocycles. The van der Waals surface area contributed by atoms with Gasteiger partial charge in [0.2, 0.25) is 5.95 Å². The summed E-state index contributed by atoms with van der Waals surface area (Å²) in [6.45, 7) is 12.7. The third-order valence-corrected chi connectivity index (χ3v) is 7.20. The van der Waals surface area contributed by atoms with Crippen molar-refractivity contribution in [3.8, 4) is 11.3 Å². The Bertz CT molecular complexity index is 1610. The van der Waals surface area contributed by atoms with Crippen LogP contribution in [0.5, 0.6) is 0 Å². The van der Waals surface area contributed by atoms with Crippen molar-refractivity contribution in [1.29, 1.82) is 0 Å². The third kappa shape index (κ3) is 5.24. The summed E-state index contributed by atoms with van der Waals surface area (Å²) in [7, 11) is 0. The van der Waals surface area contributed by atoms with Gasteiger partial charge in [-0.1, -0.05) is 0 Å². The van der Waals surface area contributed by atoms with Gasteiger partial charge in [0.25, 0.3) is 11.5 Å². The summed E-state index contributed by atoms with van der Waals surface area (Å²) in [5, 5.41) is 3.85. The summed E-state index contributed by atoms with van der Waals surface area (Å²) >= 11 is 0. The lowest BCUT2D eigenvalue weighted by molar-refractivity contribution is 0.0952. The Morgan fingerprint density at radius 1 is 1.10 bits per heavy atom. The monoisotopic (exact) mass is 529 g/mol. The number of ether oxygens (including phenoxy) is 1. The minimum Gasteiger partial charge on any atom is -0.378 e. The Balaban J connectivity index is 1.59. The van der Waals surface area contributed by atoms with Gasteiger partial charge >= 0.3 is 0 Å². The number of carbonyl (C=O) groups is 1. The second-order valence-electron chi connectivity index (χ2n) is 10.4. The second-order valence-corrected chi connectivity index (χ2v) is 10.4. The van der Waals surface area contributed by atoms with Crippen molar-refractivity contribution in [3.63, 3.8) is 0 Å². The fourth-order valence-electron chi connectivity index (χ4n) is 5.26. The van der Waals surface area contributed by atoms with E-state index in [1.54, 1.807) is 0 Å². The number of amides is 1. The Kier molecular flexibility index (Phi) is 7.14. The number of aryl methyl sites for hydroxylation is 3. The topological polar surface area (TPSA) is 131 Å². The Morgan fingerprint density at radius 2 is 1.85 bits per heavy atom. The lowest BCUT2D eigenvalue weighted by atomic mass is 10.00. The molecule has 39 heavy (non-hydrogen) atoms. The first kappa shape index (κ1) is 26.4. The van der Waals surface area contributed by atoms with E-state index in [0.717, 1.165) is 52.2 Å². The molecule has 5 rings (SSSR count). The number of aromatic nitrogens is 4. The molecule has 1 aliphatic heterocycles. The number of pyridine rings is 1. The summed E-state index contributed by atoms with van der Waals surface area (Å²) in [4.78, 5) is 40.2. The normalized spacial score (nSPS) is 13.8. The van der Waals surface area contributed by atoms with Crippen molar-refractivity contribution in [2.75, 3.05) is 36.9 Å². The first-order chi connectivity index (χ1) is 18.6. The molecule has 0 radical (unpaired) electrons. The van der Waals surface area contributed by atoms with Gasteiger partial charge in [0.1, 0.15) is 5.82 Å². The number of nitrogens with one attached hydrogen (secondary N) is 2. The average molecular weight is 530 g/mol. The number of benzene rings is 1. The maximum Gasteiger partial charge on any atom is 0.253 e. The standard InChI is InChI=1S/C29H35N7O3/c1-16(2)36-15-18(4)26-21(27(37)31-14-22-17(3)10-19(5)32-28(22)38)11-20(12-24(26)36)23-13-25(34-29(30)33-23)35-6-8-39-9-7-35/h10-13,15-16H,6-9,14H2,1-5H3,(H,31,37)(H,32,38)(H2,30,33,34). The van der Waals surface area contributed by atoms with Crippen molar-refractivity contribution in [3.05, 3.63) is 68.8 Å². The highest BCUT2D eigenvalue weighted by Gasteiger charge is 2.21. The van der Waals surface area contributed by atoms with Gasteiger partial charge in [-0.05, 0) is 63.9 Å². The number of nitrogens with two attached hydrogens (primary N) is 1. The Morgan fingerprint density at radius 3 is 2.54 bits per heavy atom. The van der Waals surface area contributed by atoms with Gasteiger partial charge in [-0.25, -0.2) is 4.98 Å². The zero-order chi connectivity index (χ0) is 27.8. The molecule has 0 bridgehead atoms. The molecule has 0 spiro atoms. The maximum absolute atomic E-state index is 13.7. The van der Waals surface area contributed by atoms with E-state index in [-0.39, 0.29) is 30.0 Å². The van der Waals surface area contributed by atoms with Crippen LogP contribution >= 0.6 is 0 Å². The molecular formula is C29H35N7O3. The number of anilines is 2. The molecule has 3 aromatic heterocycles.